The van der Waals surface area contributed by atoms with Crippen LogP contribution in [0.1, 0.15) is 30.3 Å². The number of aliphatic carboxylic acids is 1. The molecule has 0 saturated heterocycles. The summed E-state index contributed by atoms with van der Waals surface area (Å²) in [5.41, 5.74) is 13.3. The number of nitrogens with two attached hydrogens (primary N) is 1. The first-order valence-corrected chi connectivity index (χ1v) is 13.6. The molecule has 3 aromatic carbocycles. The van der Waals surface area contributed by atoms with E-state index in [1.54, 1.807) is 0 Å². The minimum Gasteiger partial charge on any atom is -0.489 e. The van der Waals surface area contributed by atoms with Gasteiger partial charge in [0.25, 0.3) is 11.5 Å². The monoisotopic (exact) mass is 564 g/mol. The molecule has 0 amide bonds. The third-order valence-electron chi connectivity index (χ3n) is 6.85. The molecule has 0 fully saturated rings. The maximum Gasteiger partial charge on any atom is 0.300 e. The zero-order valence-corrected chi connectivity index (χ0v) is 23.7. The van der Waals surface area contributed by atoms with Crippen molar-refractivity contribution in [3.8, 4) is 17.0 Å². The van der Waals surface area contributed by atoms with Crippen molar-refractivity contribution >= 4 is 38.9 Å². The van der Waals surface area contributed by atoms with Gasteiger partial charge in [0.05, 0.1) is 39.0 Å². The predicted octanol–water partition coefficient (Wildman–Crippen LogP) is 5.12. The third-order valence-corrected chi connectivity index (χ3v) is 6.85. The molecule has 0 atom stereocenters. The lowest BCUT2D eigenvalue weighted by molar-refractivity contribution is -0.134. The minimum atomic E-state index is -0.833. The second kappa shape index (κ2) is 12.2. The Morgan fingerprint density at radius 1 is 0.976 bits per heavy atom. The summed E-state index contributed by atoms with van der Waals surface area (Å²) in [6.07, 6.45) is 2.79. The Bertz CT molecular complexity index is 1960. The van der Waals surface area contributed by atoms with Crippen molar-refractivity contribution in [3.05, 3.63) is 94.2 Å². The van der Waals surface area contributed by atoms with Crippen molar-refractivity contribution < 1.29 is 14.6 Å². The van der Waals surface area contributed by atoms with Crippen LogP contribution in [-0.4, -0.2) is 42.1 Å². The molecular weight excluding hydrogens is 532 g/mol. The summed E-state index contributed by atoms with van der Waals surface area (Å²) in [4.78, 5) is 39.4. The van der Waals surface area contributed by atoms with Gasteiger partial charge in [0, 0.05) is 36.7 Å². The van der Waals surface area contributed by atoms with E-state index in [-0.39, 0.29) is 5.56 Å². The van der Waals surface area contributed by atoms with E-state index in [1.807, 2.05) is 80.7 Å². The van der Waals surface area contributed by atoms with Crippen LogP contribution >= 0.6 is 0 Å². The Morgan fingerprint density at radius 2 is 1.67 bits per heavy atom. The summed E-state index contributed by atoms with van der Waals surface area (Å²) in [5.74, 6) is -0.0731. The highest BCUT2D eigenvalue weighted by Gasteiger charge is 2.17. The highest BCUT2D eigenvalue weighted by atomic mass is 16.5. The maximum atomic E-state index is 13.3. The maximum absolute atomic E-state index is 13.3. The summed E-state index contributed by atoms with van der Waals surface area (Å²) >= 11 is 0. The van der Waals surface area contributed by atoms with Crippen LogP contribution in [0.4, 0.5) is 0 Å². The number of aromatic nitrogens is 5. The van der Waals surface area contributed by atoms with Crippen molar-refractivity contribution in [2.24, 2.45) is 5.73 Å². The van der Waals surface area contributed by atoms with E-state index >= 15 is 0 Å². The second-order valence-corrected chi connectivity index (χ2v) is 10.0. The molecular formula is C32H32N6O4. The highest BCUT2D eigenvalue weighted by Crippen LogP contribution is 2.32. The average molecular weight is 565 g/mol. The molecule has 0 bridgehead atoms. The fourth-order valence-electron chi connectivity index (χ4n) is 4.73. The largest absolute Gasteiger partial charge is 0.489 e. The fraction of sp³-hybridized carbons (Fsp3) is 0.219. The zero-order valence-electron chi connectivity index (χ0n) is 23.7. The number of hydrogen-bond acceptors (Lipinski definition) is 7. The number of rotatable bonds is 7. The van der Waals surface area contributed by atoms with E-state index in [9.17, 15) is 4.79 Å². The van der Waals surface area contributed by atoms with Gasteiger partial charge in [0.1, 0.15) is 18.1 Å². The first-order chi connectivity index (χ1) is 20.2. The summed E-state index contributed by atoms with van der Waals surface area (Å²) in [7, 11) is 0. The molecule has 0 unspecified atom stereocenters. The van der Waals surface area contributed by atoms with E-state index in [4.69, 9.17) is 25.4 Å². The smallest absolute Gasteiger partial charge is 0.300 e. The van der Waals surface area contributed by atoms with E-state index in [1.165, 1.54) is 0 Å². The first-order valence-electron chi connectivity index (χ1n) is 13.6. The number of nitrogens with one attached hydrogen (secondary N) is 1. The van der Waals surface area contributed by atoms with Crippen molar-refractivity contribution in [1.29, 1.82) is 0 Å². The van der Waals surface area contributed by atoms with Crippen LogP contribution < -0.4 is 16.0 Å². The number of nitrogens with zero attached hydrogens (tertiary/aromatic N) is 4. The van der Waals surface area contributed by atoms with Gasteiger partial charge in [-0.2, -0.15) is 0 Å². The Balaban J connectivity index is 0.000000830. The summed E-state index contributed by atoms with van der Waals surface area (Å²) in [6.45, 7) is 6.71. The van der Waals surface area contributed by atoms with E-state index < -0.39 is 5.97 Å². The number of carboxylic acid groups (broad SMARTS) is 1. The van der Waals surface area contributed by atoms with Gasteiger partial charge in [-0.25, -0.2) is 15.0 Å². The van der Waals surface area contributed by atoms with Crippen molar-refractivity contribution in [2.75, 3.05) is 6.54 Å². The third kappa shape index (κ3) is 6.13. The molecule has 42 heavy (non-hydrogen) atoms. The Hall–Kier alpha value is -5.09. The van der Waals surface area contributed by atoms with Gasteiger partial charge in [0.2, 0.25) is 0 Å². The molecule has 3 heterocycles. The number of ether oxygens (including phenoxy) is 1. The molecule has 4 N–H and O–H groups in total. The Kier molecular flexibility index (Phi) is 8.26. The molecule has 0 aliphatic carbocycles. The van der Waals surface area contributed by atoms with Crippen LogP contribution in [0.5, 0.6) is 5.75 Å². The molecule has 214 valence electrons. The highest BCUT2D eigenvalue weighted by molar-refractivity contribution is 5.97. The van der Waals surface area contributed by atoms with Gasteiger partial charge >= 0.3 is 0 Å². The number of aromatic amines is 1. The number of H-pyrrole nitrogens is 1. The molecule has 0 aliphatic rings. The van der Waals surface area contributed by atoms with Crippen LogP contribution in [0.25, 0.3) is 44.2 Å². The van der Waals surface area contributed by atoms with Crippen molar-refractivity contribution in [3.63, 3.8) is 0 Å². The number of carbonyl (C=O) groups is 1. The molecule has 10 heteroatoms. The van der Waals surface area contributed by atoms with Gasteiger partial charge in [-0.15, -0.1) is 0 Å². The van der Waals surface area contributed by atoms with Crippen LogP contribution in [0.2, 0.25) is 0 Å². The number of benzene rings is 3. The number of hydrogen-bond donors (Lipinski definition) is 3. The zero-order chi connectivity index (χ0) is 29.8. The molecule has 0 radical (unpaired) electrons. The Labute approximate surface area is 241 Å². The van der Waals surface area contributed by atoms with E-state index in [2.05, 4.69) is 19.5 Å². The topological polar surface area (TPSA) is 149 Å². The number of carboxylic acids is 1. The fourth-order valence-corrected chi connectivity index (χ4v) is 4.73. The van der Waals surface area contributed by atoms with E-state index in [0.29, 0.717) is 29.9 Å². The molecule has 0 aliphatic heterocycles. The van der Waals surface area contributed by atoms with Crippen LogP contribution in [0.15, 0.2) is 71.7 Å². The van der Waals surface area contributed by atoms with Gasteiger partial charge in [-0.1, -0.05) is 30.3 Å². The molecule has 6 rings (SSSR count). The summed E-state index contributed by atoms with van der Waals surface area (Å²) in [5, 5.41) is 8.35. The van der Waals surface area contributed by atoms with Crippen LogP contribution in [0.3, 0.4) is 0 Å². The number of aryl methyl sites for hydroxylation is 3. The van der Waals surface area contributed by atoms with Crippen molar-refractivity contribution in [1.82, 2.24) is 24.5 Å². The standard InChI is InChI=1S/C30H28N6O2.C2H4O2/c1-18-19(2)33-25-15-27-26(14-24(25)32-18)34-29(30(37)35-27)23-16-36(12-6-11-31)28-13-21(9-10-22(23)28)38-17-20-7-4-3-5-8-20;1-2(3)4/h3-5,7-10,13-16H,6,11-12,17,31H2,1-2H3,(H,35,37);1H3,(H,3,4). The lowest BCUT2D eigenvalue weighted by Crippen LogP contribution is -2.11. The minimum absolute atomic E-state index is 0.254. The van der Waals surface area contributed by atoms with Gasteiger partial charge < -0.3 is 25.1 Å². The van der Waals surface area contributed by atoms with Crippen molar-refractivity contribution in [2.45, 2.75) is 40.3 Å². The lowest BCUT2D eigenvalue weighted by Gasteiger charge is -2.09. The second-order valence-electron chi connectivity index (χ2n) is 10.0. The molecule has 10 nitrogen and oxygen atoms in total. The Morgan fingerprint density at radius 3 is 2.36 bits per heavy atom. The predicted molar refractivity (Wildman–Crippen MR) is 164 cm³/mol. The normalized spacial score (nSPS) is 11.0. The molecule has 0 spiro atoms. The molecule has 3 aromatic heterocycles. The quantitative estimate of drug-likeness (QED) is 0.226. The molecule has 6 aromatic rings. The first kappa shape index (κ1) is 28.4. The van der Waals surface area contributed by atoms with Crippen LogP contribution in [-0.2, 0) is 17.9 Å². The van der Waals surface area contributed by atoms with E-state index in [0.717, 1.165) is 70.1 Å². The summed E-state index contributed by atoms with van der Waals surface area (Å²) < 4.78 is 8.20. The van der Waals surface area contributed by atoms with Gasteiger partial charge in [0.15, 0.2) is 0 Å². The van der Waals surface area contributed by atoms with Crippen LogP contribution in [0, 0.1) is 13.8 Å². The lowest BCUT2D eigenvalue weighted by atomic mass is 10.1. The molecule has 0 saturated carbocycles. The average Bonchev–Trinajstić information content (AvgIpc) is 3.32. The SMILES string of the molecule is CC(=O)O.Cc1nc2cc3nc(-c4cn(CCCN)c5cc(OCc6ccccc6)ccc45)c(=O)[nH]c3cc2nc1C. The summed E-state index contributed by atoms with van der Waals surface area (Å²) in [6, 6.07) is 19.7. The number of fused-ring (bicyclic) bond motifs is 3. The van der Waals surface area contributed by atoms with Gasteiger partial charge in [-0.05, 0) is 56.6 Å². The van der Waals surface area contributed by atoms with Gasteiger partial charge in [-0.3, -0.25) is 9.59 Å².